The van der Waals surface area contributed by atoms with Gasteiger partial charge in [-0.3, -0.25) is 4.79 Å². The lowest BCUT2D eigenvalue weighted by molar-refractivity contribution is -0.137. The minimum absolute atomic E-state index is 0.0349. The summed E-state index contributed by atoms with van der Waals surface area (Å²) < 4.78 is 20.2. The van der Waals surface area contributed by atoms with Gasteiger partial charge in [0.15, 0.2) is 0 Å². The van der Waals surface area contributed by atoms with E-state index in [4.69, 9.17) is 21.4 Å². The maximum Gasteiger partial charge on any atom is 0.227 e. The molecule has 2 aliphatic heterocycles. The van der Waals surface area contributed by atoms with E-state index in [1.54, 1.807) is 29.4 Å². The molecule has 184 valence electrons. The summed E-state index contributed by atoms with van der Waals surface area (Å²) in [7, 11) is 0. The highest BCUT2D eigenvalue weighted by molar-refractivity contribution is 6.30. The van der Waals surface area contributed by atoms with Gasteiger partial charge in [-0.2, -0.15) is 0 Å². The minimum atomic E-state index is -0.415. The second kappa shape index (κ2) is 11.8. The average Bonchev–Trinajstić information content (AvgIpc) is 2.81. The predicted octanol–water partition coefficient (Wildman–Crippen LogP) is 3.73. The summed E-state index contributed by atoms with van der Waals surface area (Å²) in [6.45, 7) is 3.64. The third-order valence-corrected chi connectivity index (χ3v) is 6.91. The first kappa shape index (κ1) is 24.7. The van der Waals surface area contributed by atoms with Crippen LogP contribution >= 0.6 is 11.6 Å². The molecule has 0 atom stereocenters. The quantitative estimate of drug-likeness (QED) is 0.511. The lowest BCUT2D eigenvalue weighted by atomic mass is 9.92. The number of unbranched alkanes of at least 4 members (excludes halogenated alkanes) is 1. The Morgan fingerprint density at radius 1 is 1.15 bits per heavy atom. The number of anilines is 1. The number of hydrogen-bond donors (Lipinski definition) is 1. The van der Waals surface area contributed by atoms with Crippen LogP contribution in [0.1, 0.15) is 37.7 Å². The molecule has 0 bridgehead atoms. The maximum absolute atomic E-state index is 14.4. The molecular weight excluding hydrogens is 459 g/mol. The molecule has 1 aromatic heterocycles. The van der Waals surface area contributed by atoms with E-state index in [2.05, 4.69) is 14.9 Å². The van der Waals surface area contributed by atoms with Crippen LogP contribution < -0.4 is 9.64 Å². The number of aliphatic hydroxyl groups is 1. The zero-order valence-electron chi connectivity index (χ0n) is 19.3. The number of rotatable bonds is 10. The lowest BCUT2D eigenvalue weighted by Crippen LogP contribution is -2.51. The Hall–Kier alpha value is -2.45. The predicted molar refractivity (Wildman–Crippen MR) is 129 cm³/mol. The molecule has 3 heterocycles. The molecule has 0 aliphatic carbocycles. The molecule has 1 aromatic carbocycles. The first-order valence-electron chi connectivity index (χ1n) is 12.0. The number of aromatic nitrogens is 2. The molecule has 1 amide bonds. The van der Waals surface area contributed by atoms with Crippen molar-refractivity contribution in [2.24, 2.45) is 11.8 Å². The Balaban J connectivity index is 1.11. The highest BCUT2D eigenvalue weighted by atomic mass is 35.5. The zero-order chi connectivity index (χ0) is 23.9. The van der Waals surface area contributed by atoms with Crippen LogP contribution in [-0.4, -0.2) is 65.3 Å². The van der Waals surface area contributed by atoms with Gasteiger partial charge in [-0.25, -0.2) is 14.4 Å². The second-order valence-corrected chi connectivity index (χ2v) is 9.69. The van der Waals surface area contributed by atoms with Gasteiger partial charge in [0.25, 0.3) is 0 Å². The van der Waals surface area contributed by atoms with Crippen LogP contribution in [-0.2, 0) is 11.2 Å². The monoisotopic (exact) mass is 490 g/mol. The van der Waals surface area contributed by atoms with Crippen molar-refractivity contribution in [3.05, 3.63) is 47.0 Å². The van der Waals surface area contributed by atoms with Crippen LogP contribution in [0.15, 0.2) is 30.6 Å². The van der Waals surface area contributed by atoms with Crippen LogP contribution in [0.2, 0.25) is 5.02 Å². The van der Waals surface area contributed by atoms with Crippen molar-refractivity contribution in [1.82, 2.24) is 14.9 Å². The molecule has 2 fully saturated rings. The minimum Gasteiger partial charge on any atom is -0.493 e. The highest BCUT2D eigenvalue weighted by Crippen LogP contribution is 2.25. The molecule has 7 nitrogen and oxygen atoms in total. The average molecular weight is 491 g/mol. The number of nitrogens with zero attached hydrogens (tertiary/aromatic N) is 4. The van der Waals surface area contributed by atoms with Crippen molar-refractivity contribution in [1.29, 1.82) is 0 Å². The lowest BCUT2D eigenvalue weighted by Gasteiger charge is -2.38. The van der Waals surface area contributed by atoms with E-state index >= 15 is 0 Å². The first-order chi connectivity index (χ1) is 16.5. The maximum atomic E-state index is 14.4. The summed E-state index contributed by atoms with van der Waals surface area (Å²) in [5, 5.41) is 9.61. The van der Waals surface area contributed by atoms with E-state index in [-0.39, 0.29) is 24.9 Å². The third kappa shape index (κ3) is 6.57. The number of halogens is 2. The molecule has 0 radical (unpaired) electrons. The standard InChI is InChI=1S/C25H32ClFN4O3/c26-21-13-28-25(29-14-21)30-8-6-18(7-9-30)3-1-2-10-34-22-5-4-20(23(27)12-22)11-24(33)31-15-19(16-31)17-32/h4-5,12-14,18-19,32H,1-3,6-11,15-17H2. The number of aliphatic hydroxyl groups excluding tert-OH is 1. The zero-order valence-corrected chi connectivity index (χ0v) is 20.1. The summed E-state index contributed by atoms with van der Waals surface area (Å²) >= 11 is 5.86. The molecule has 2 aromatic rings. The van der Waals surface area contributed by atoms with E-state index in [0.717, 1.165) is 51.1 Å². The molecule has 2 aliphatic rings. The Morgan fingerprint density at radius 3 is 2.56 bits per heavy atom. The highest BCUT2D eigenvalue weighted by Gasteiger charge is 2.30. The number of piperidine rings is 1. The molecule has 1 N–H and O–H groups in total. The molecule has 34 heavy (non-hydrogen) atoms. The van der Waals surface area contributed by atoms with Crippen LogP contribution in [0, 0.1) is 17.7 Å². The summed E-state index contributed by atoms with van der Waals surface area (Å²) in [6, 6.07) is 4.72. The summed E-state index contributed by atoms with van der Waals surface area (Å²) in [5.41, 5.74) is 0.375. The third-order valence-electron chi connectivity index (χ3n) is 6.71. The number of carbonyl (C=O) groups is 1. The molecule has 4 rings (SSSR count). The van der Waals surface area contributed by atoms with Gasteiger partial charge in [0.1, 0.15) is 11.6 Å². The Kier molecular flexibility index (Phi) is 8.56. The van der Waals surface area contributed by atoms with Gasteiger partial charge in [-0.05, 0) is 43.2 Å². The van der Waals surface area contributed by atoms with Crippen molar-refractivity contribution < 1.29 is 19.0 Å². The molecule has 2 saturated heterocycles. The number of hydrogen-bond acceptors (Lipinski definition) is 6. The van der Waals surface area contributed by atoms with E-state index in [1.807, 2.05) is 0 Å². The topological polar surface area (TPSA) is 78.8 Å². The number of likely N-dealkylation sites (tertiary alicyclic amines) is 1. The molecule has 0 unspecified atom stereocenters. The van der Waals surface area contributed by atoms with Crippen LogP contribution in [0.5, 0.6) is 5.75 Å². The summed E-state index contributed by atoms with van der Waals surface area (Å²) in [5.74, 6) is 1.56. The van der Waals surface area contributed by atoms with Crippen LogP contribution in [0.3, 0.4) is 0 Å². The Labute approximate surface area is 204 Å². The van der Waals surface area contributed by atoms with Crippen LogP contribution in [0.25, 0.3) is 0 Å². The van der Waals surface area contributed by atoms with Crippen molar-refractivity contribution in [2.45, 2.75) is 38.5 Å². The van der Waals surface area contributed by atoms with E-state index < -0.39 is 5.82 Å². The number of ether oxygens (including phenoxy) is 1. The fraction of sp³-hybridized carbons (Fsp3) is 0.560. The largest absolute Gasteiger partial charge is 0.493 e. The fourth-order valence-corrected chi connectivity index (χ4v) is 4.64. The smallest absolute Gasteiger partial charge is 0.227 e. The van der Waals surface area contributed by atoms with E-state index in [9.17, 15) is 9.18 Å². The van der Waals surface area contributed by atoms with Gasteiger partial charge in [0.2, 0.25) is 11.9 Å². The molecule has 0 saturated carbocycles. The number of amides is 1. The number of benzene rings is 1. The van der Waals surface area contributed by atoms with Gasteiger partial charge in [0, 0.05) is 44.8 Å². The fourth-order valence-electron chi connectivity index (χ4n) is 4.54. The summed E-state index contributed by atoms with van der Waals surface area (Å²) in [6.07, 6.45) is 8.69. The normalized spacial score (nSPS) is 17.0. The molecule has 0 spiro atoms. The van der Waals surface area contributed by atoms with E-state index in [0.29, 0.717) is 41.9 Å². The SMILES string of the molecule is O=C(Cc1ccc(OCCCCC2CCN(c3ncc(Cl)cn3)CC2)cc1F)N1CC(CO)C1. The van der Waals surface area contributed by atoms with Gasteiger partial charge in [-0.1, -0.05) is 24.1 Å². The van der Waals surface area contributed by atoms with Gasteiger partial charge < -0.3 is 19.6 Å². The van der Waals surface area contributed by atoms with Crippen molar-refractivity contribution in [3.8, 4) is 5.75 Å². The summed E-state index contributed by atoms with van der Waals surface area (Å²) in [4.78, 5) is 24.7. The second-order valence-electron chi connectivity index (χ2n) is 9.25. The van der Waals surface area contributed by atoms with Crippen molar-refractivity contribution in [3.63, 3.8) is 0 Å². The van der Waals surface area contributed by atoms with Gasteiger partial charge >= 0.3 is 0 Å². The van der Waals surface area contributed by atoms with Gasteiger partial charge in [0.05, 0.1) is 30.4 Å². The Bertz CT molecular complexity index is 948. The number of carbonyl (C=O) groups excluding carboxylic acids is 1. The van der Waals surface area contributed by atoms with Gasteiger partial charge in [-0.15, -0.1) is 0 Å². The van der Waals surface area contributed by atoms with E-state index in [1.165, 1.54) is 6.07 Å². The molecule has 9 heteroatoms. The molecular formula is C25H32ClFN4O3. The van der Waals surface area contributed by atoms with Crippen LogP contribution in [0.4, 0.5) is 10.3 Å². The Morgan fingerprint density at radius 2 is 1.88 bits per heavy atom. The van der Waals surface area contributed by atoms with Crippen molar-refractivity contribution >= 4 is 23.5 Å². The first-order valence-corrected chi connectivity index (χ1v) is 12.4. The van der Waals surface area contributed by atoms with Crippen molar-refractivity contribution in [2.75, 3.05) is 44.3 Å².